The summed E-state index contributed by atoms with van der Waals surface area (Å²) in [5.74, 6) is -0.556. The molecule has 1 saturated heterocycles. The van der Waals surface area contributed by atoms with Gasteiger partial charge >= 0.3 is 5.97 Å². The summed E-state index contributed by atoms with van der Waals surface area (Å²) >= 11 is 0. The number of carbonyl (C=O) groups is 1. The monoisotopic (exact) mass is 336 g/mol. The fourth-order valence-corrected chi connectivity index (χ4v) is 3.53. The van der Waals surface area contributed by atoms with E-state index in [0.29, 0.717) is 25.3 Å². The second kappa shape index (κ2) is 6.76. The van der Waals surface area contributed by atoms with Crippen LogP contribution in [-0.2, 0) is 24.9 Å². The van der Waals surface area contributed by atoms with Crippen LogP contribution in [0.3, 0.4) is 0 Å². The maximum Gasteiger partial charge on any atom is 0.360 e. The summed E-state index contributed by atoms with van der Waals surface area (Å²) in [6, 6.07) is 0. The Labute approximate surface area is 127 Å². The number of aromatic nitrogens is 2. The van der Waals surface area contributed by atoms with Gasteiger partial charge in [0.25, 0.3) is 9.05 Å². The Kier molecular flexibility index (Phi) is 5.23. The van der Waals surface area contributed by atoms with E-state index in [1.54, 1.807) is 6.92 Å². The Morgan fingerprint density at radius 3 is 2.71 bits per heavy atom. The van der Waals surface area contributed by atoms with E-state index in [0.717, 1.165) is 12.8 Å². The number of aryl methyl sites for hydroxylation is 1. The van der Waals surface area contributed by atoms with E-state index >= 15 is 0 Å². The van der Waals surface area contributed by atoms with Crippen LogP contribution in [0.25, 0.3) is 0 Å². The fraction of sp³-hybridized carbons (Fsp3) is 0.667. The highest BCUT2D eigenvalue weighted by molar-refractivity contribution is 8.13. The summed E-state index contributed by atoms with van der Waals surface area (Å²) in [7, 11) is 1.31. The molecule has 1 aromatic rings. The standard InChI is InChI=1S/C12H17ClN2O5S/c1-2-9-11(21(13,17)18)10(15-14-9)12(16)20-7-8-3-5-19-6-4-8/h8H,2-7H2,1H3,(H,14,15). The molecule has 0 amide bonds. The first-order valence-corrected chi connectivity index (χ1v) is 9.01. The molecular weight excluding hydrogens is 320 g/mol. The predicted octanol–water partition coefficient (Wildman–Crippen LogP) is 1.48. The molecule has 0 spiro atoms. The zero-order chi connectivity index (χ0) is 15.5. The largest absolute Gasteiger partial charge is 0.461 e. The number of hydrogen-bond donors (Lipinski definition) is 1. The number of H-pyrrole nitrogens is 1. The zero-order valence-corrected chi connectivity index (χ0v) is 13.2. The van der Waals surface area contributed by atoms with Gasteiger partial charge in [-0.25, -0.2) is 13.2 Å². The molecular formula is C12H17ClN2O5S. The molecule has 0 aromatic carbocycles. The number of rotatable bonds is 5. The van der Waals surface area contributed by atoms with E-state index in [9.17, 15) is 13.2 Å². The maximum absolute atomic E-state index is 12.0. The molecule has 0 radical (unpaired) electrons. The van der Waals surface area contributed by atoms with E-state index in [4.69, 9.17) is 20.2 Å². The van der Waals surface area contributed by atoms with Crippen molar-refractivity contribution in [2.45, 2.75) is 31.1 Å². The molecule has 2 heterocycles. The number of nitrogens with one attached hydrogen (secondary N) is 1. The van der Waals surface area contributed by atoms with Gasteiger partial charge in [-0.2, -0.15) is 5.10 Å². The van der Waals surface area contributed by atoms with Gasteiger partial charge in [-0.15, -0.1) is 0 Å². The quantitative estimate of drug-likeness (QED) is 0.646. The number of ether oxygens (including phenoxy) is 2. The van der Waals surface area contributed by atoms with E-state index in [1.165, 1.54) is 0 Å². The molecule has 9 heteroatoms. The fourth-order valence-electron chi connectivity index (χ4n) is 2.18. The van der Waals surface area contributed by atoms with E-state index in [-0.39, 0.29) is 23.1 Å². The number of esters is 1. The van der Waals surface area contributed by atoms with Crippen LogP contribution in [0.4, 0.5) is 0 Å². The van der Waals surface area contributed by atoms with Crippen molar-refractivity contribution >= 4 is 25.7 Å². The second-order valence-electron chi connectivity index (χ2n) is 4.83. The van der Waals surface area contributed by atoms with Gasteiger partial charge in [-0.3, -0.25) is 5.10 Å². The van der Waals surface area contributed by atoms with Gasteiger partial charge in [0.1, 0.15) is 4.90 Å². The van der Waals surface area contributed by atoms with Gasteiger partial charge in [0, 0.05) is 23.9 Å². The summed E-state index contributed by atoms with van der Waals surface area (Å²) < 4.78 is 33.6. The molecule has 1 aromatic heterocycles. The number of carbonyl (C=O) groups excluding carboxylic acids is 1. The van der Waals surface area contributed by atoms with Gasteiger partial charge in [0.15, 0.2) is 5.69 Å². The average Bonchev–Trinajstić information content (AvgIpc) is 2.90. The highest BCUT2D eigenvalue weighted by atomic mass is 35.7. The summed E-state index contributed by atoms with van der Waals surface area (Å²) in [5.41, 5.74) is 0.0110. The van der Waals surface area contributed by atoms with Crippen LogP contribution in [-0.4, -0.2) is 44.4 Å². The smallest absolute Gasteiger partial charge is 0.360 e. The van der Waals surface area contributed by atoms with Crippen LogP contribution in [0.5, 0.6) is 0 Å². The van der Waals surface area contributed by atoms with Gasteiger partial charge in [0.2, 0.25) is 0 Å². The van der Waals surface area contributed by atoms with Crippen molar-refractivity contribution in [2.24, 2.45) is 5.92 Å². The zero-order valence-electron chi connectivity index (χ0n) is 11.6. The Balaban J connectivity index is 2.10. The molecule has 0 unspecified atom stereocenters. The topological polar surface area (TPSA) is 98.3 Å². The van der Waals surface area contributed by atoms with Crippen LogP contribution in [0.2, 0.25) is 0 Å². The molecule has 1 fully saturated rings. The number of nitrogens with zero attached hydrogens (tertiary/aromatic N) is 1. The Hall–Kier alpha value is -1.12. The average molecular weight is 337 g/mol. The van der Waals surface area contributed by atoms with E-state index < -0.39 is 15.0 Å². The van der Waals surface area contributed by atoms with Gasteiger partial charge in [0.05, 0.1) is 12.3 Å². The molecule has 2 rings (SSSR count). The summed E-state index contributed by atoms with van der Waals surface area (Å²) in [6.45, 7) is 3.24. The van der Waals surface area contributed by atoms with Gasteiger partial charge < -0.3 is 9.47 Å². The van der Waals surface area contributed by atoms with Crippen molar-refractivity contribution in [3.8, 4) is 0 Å². The number of aromatic amines is 1. The third kappa shape index (κ3) is 3.96. The molecule has 1 aliphatic rings. The van der Waals surface area contributed by atoms with Crippen molar-refractivity contribution in [3.63, 3.8) is 0 Å². The highest BCUT2D eigenvalue weighted by Gasteiger charge is 2.29. The SMILES string of the molecule is CCc1[nH]nc(C(=O)OCC2CCOCC2)c1S(=O)(=O)Cl. The molecule has 0 atom stereocenters. The van der Waals surface area contributed by atoms with Crippen LogP contribution in [0.15, 0.2) is 4.90 Å². The van der Waals surface area contributed by atoms with Crippen molar-refractivity contribution < 1.29 is 22.7 Å². The predicted molar refractivity (Wildman–Crippen MR) is 74.8 cm³/mol. The molecule has 0 bridgehead atoms. The van der Waals surface area contributed by atoms with Crippen LogP contribution in [0, 0.1) is 5.92 Å². The van der Waals surface area contributed by atoms with Crippen molar-refractivity contribution in [3.05, 3.63) is 11.4 Å². The molecule has 1 aliphatic heterocycles. The Morgan fingerprint density at radius 1 is 1.48 bits per heavy atom. The third-order valence-corrected chi connectivity index (χ3v) is 4.76. The lowest BCUT2D eigenvalue weighted by atomic mass is 10.0. The van der Waals surface area contributed by atoms with Crippen LogP contribution < -0.4 is 0 Å². The first-order chi connectivity index (χ1) is 9.93. The van der Waals surface area contributed by atoms with E-state index in [1.807, 2.05) is 0 Å². The molecule has 21 heavy (non-hydrogen) atoms. The van der Waals surface area contributed by atoms with Crippen molar-refractivity contribution in [1.82, 2.24) is 10.2 Å². The summed E-state index contributed by atoms with van der Waals surface area (Å²) in [6.07, 6.45) is 1.99. The minimum atomic E-state index is -4.06. The minimum Gasteiger partial charge on any atom is -0.461 e. The normalized spacial score (nSPS) is 16.9. The molecule has 0 aliphatic carbocycles. The number of halogens is 1. The lowest BCUT2D eigenvalue weighted by Crippen LogP contribution is -2.22. The Morgan fingerprint density at radius 2 is 2.14 bits per heavy atom. The molecule has 0 saturated carbocycles. The van der Waals surface area contributed by atoms with Crippen molar-refractivity contribution in [1.29, 1.82) is 0 Å². The summed E-state index contributed by atoms with van der Waals surface area (Å²) in [4.78, 5) is 11.7. The molecule has 7 nitrogen and oxygen atoms in total. The van der Waals surface area contributed by atoms with Crippen LogP contribution >= 0.6 is 10.7 Å². The van der Waals surface area contributed by atoms with Gasteiger partial charge in [-0.1, -0.05) is 6.92 Å². The lowest BCUT2D eigenvalue weighted by Gasteiger charge is -2.21. The first kappa shape index (κ1) is 16.3. The first-order valence-electron chi connectivity index (χ1n) is 6.70. The Bertz CT molecular complexity index is 607. The summed E-state index contributed by atoms with van der Waals surface area (Å²) in [5, 5.41) is 6.24. The molecule has 1 N–H and O–H groups in total. The number of hydrogen-bond acceptors (Lipinski definition) is 6. The van der Waals surface area contributed by atoms with Crippen molar-refractivity contribution in [2.75, 3.05) is 19.8 Å². The minimum absolute atomic E-state index is 0.221. The highest BCUT2D eigenvalue weighted by Crippen LogP contribution is 2.24. The molecule has 118 valence electrons. The lowest BCUT2D eigenvalue weighted by molar-refractivity contribution is 0.0179. The van der Waals surface area contributed by atoms with E-state index in [2.05, 4.69) is 10.2 Å². The van der Waals surface area contributed by atoms with Crippen LogP contribution in [0.1, 0.15) is 35.9 Å². The second-order valence-corrected chi connectivity index (χ2v) is 7.33. The van der Waals surface area contributed by atoms with Gasteiger partial charge in [-0.05, 0) is 25.2 Å². The maximum atomic E-state index is 12.0. The third-order valence-electron chi connectivity index (χ3n) is 3.37.